The molecule has 1 atom stereocenters. The third-order valence-corrected chi connectivity index (χ3v) is 4.65. The Bertz CT molecular complexity index is 521. The number of hydrogen-bond acceptors (Lipinski definition) is 3. The van der Waals surface area contributed by atoms with Gasteiger partial charge in [0.25, 0.3) is 5.91 Å². The predicted molar refractivity (Wildman–Crippen MR) is 96.0 cm³/mol. The summed E-state index contributed by atoms with van der Waals surface area (Å²) in [7, 11) is 0. The van der Waals surface area contributed by atoms with Crippen molar-refractivity contribution >= 4 is 17.7 Å². The highest BCUT2D eigenvalue weighted by molar-refractivity contribution is 8.00. The van der Waals surface area contributed by atoms with Crippen LogP contribution in [0.1, 0.15) is 44.4 Å². The van der Waals surface area contributed by atoms with Gasteiger partial charge in [0.1, 0.15) is 5.75 Å². The molecule has 0 unspecified atom stereocenters. The summed E-state index contributed by atoms with van der Waals surface area (Å²) in [6, 6.07) is 4.11. The van der Waals surface area contributed by atoms with Gasteiger partial charge in [-0.1, -0.05) is 26.8 Å². The Morgan fingerprint density at radius 3 is 2.50 bits per heavy atom. The maximum Gasteiger partial charge on any atom is 0.260 e. The SMILES string of the molecule is Cc1cc(C)c(C)c(O[C@@H](C)C(=O)NCCSC(C)(C)C)c1. The van der Waals surface area contributed by atoms with E-state index in [0.717, 1.165) is 22.6 Å². The highest BCUT2D eigenvalue weighted by Gasteiger charge is 2.16. The monoisotopic (exact) mass is 323 g/mol. The van der Waals surface area contributed by atoms with Crippen molar-refractivity contribution in [1.82, 2.24) is 5.32 Å². The number of rotatable bonds is 6. The van der Waals surface area contributed by atoms with Crippen molar-refractivity contribution in [2.75, 3.05) is 12.3 Å². The van der Waals surface area contributed by atoms with Gasteiger partial charge in [0.15, 0.2) is 6.10 Å². The molecule has 0 saturated carbocycles. The first-order chi connectivity index (χ1) is 10.1. The second-order valence-electron chi connectivity index (χ2n) is 6.72. The number of benzene rings is 1. The van der Waals surface area contributed by atoms with Crippen molar-refractivity contribution in [2.24, 2.45) is 0 Å². The Kier molecular flexibility index (Phi) is 6.79. The van der Waals surface area contributed by atoms with E-state index in [1.807, 2.05) is 31.7 Å². The van der Waals surface area contributed by atoms with Gasteiger partial charge in [-0.25, -0.2) is 0 Å². The molecule has 4 heteroatoms. The van der Waals surface area contributed by atoms with Gasteiger partial charge in [0.2, 0.25) is 0 Å². The van der Waals surface area contributed by atoms with E-state index in [4.69, 9.17) is 4.74 Å². The first-order valence-electron chi connectivity index (χ1n) is 7.76. The van der Waals surface area contributed by atoms with Gasteiger partial charge in [-0.2, -0.15) is 11.8 Å². The van der Waals surface area contributed by atoms with Crippen LogP contribution in [-0.4, -0.2) is 29.1 Å². The molecule has 0 fully saturated rings. The Hall–Kier alpha value is -1.16. The highest BCUT2D eigenvalue weighted by Crippen LogP contribution is 2.24. The molecule has 124 valence electrons. The van der Waals surface area contributed by atoms with Crippen LogP contribution in [0.15, 0.2) is 12.1 Å². The number of thioether (sulfide) groups is 1. The van der Waals surface area contributed by atoms with E-state index in [1.54, 1.807) is 6.92 Å². The van der Waals surface area contributed by atoms with E-state index in [1.165, 1.54) is 5.56 Å². The lowest BCUT2D eigenvalue weighted by molar-refractivity contribution is -0.127. The summed E-state index contributed by atoms with van der Waals surface area (Å²) in [5, 5.41) is 2.94. The minimum absolute atomic E-state index is 0.0620. The minimum Gasteiger partial charge on any atom is -0.481 e. The maximum absolute atomic E-state index is 12.1. The molecule has 1 aromatic carbocycles. The molecule has 0 heterocycles. The zero-order valence-corrected chi connectivity index (χ0v) is 15.7. The van der Waals surface area contributed by atoms with Gasteiger partial charge in [-0.15, -0.1) is 0 Å². The molecular weight excluding hydrogens is 294 g/mol. The zero-order valence-electron chi connectivity index (χ0n) is 14.9. The quantitative estimate of drug-likeness (QED) is 0.803. The standard InChI is InChI=1S/C18H29NO2S/c1-12-10-13(2)14(3)16(11-12)21-15(4)17(20)19-8-9-22-18(5,6)7/h10-11,15H,8-9H2,1-7H3,(H,19,20)/t15-/m0/s1. The lowest BCUT2D eigenvalue weighted by Crippen LogP contribution is -2.37. The van der Waals surface area contributed by atoms with Crippen LogP contribution < -0.4 is 10.1 Å². The van der Waals surface area contributed by atoms with Crippen molar-refractivity contribution in [3.63, 3.8) is 0 Å². The van der Waals surface area contributed by atoms with Crippen LogP contribution in [-0.2, 0) is 4.79 Å². The van der Waals surface area contributed by atoms with Crippen LogP contribution in [0.2, 0.25) is 0 Å². The summed E-state index contributed by atoms with van der Waals surface area (Å²) in [6.07, 6.45) is -0.487. The Morgan fingerprint density at radius 1 is 1.27 bits per heavy atom. The molecule has 1 amide bonds. The van der Waals surface area contributed by atoms with Gasteiger partial charge in [-0.3, -0.25) is 4.79 Å². The van der Waals surface area contributed by atoms with Crippen molar-refractivity contribution in [3.05, 3.63) is 28.8 Å². The van der Waals surface area contributed by atoms with Crippen molar-refractivity contribution in [3.8, 4) is 5.75 Å². The number of ether oxygens (including phenoxy) is 1. The predicted octanol–water partition coefficient (Wildman–Crippen LogP) is 4.03. The average Bonchev–Trinajstić information content (AvgIpc) is 2.39. The number of carbonyl (C=O) groups is 1. The largest absolute Gasteiger partial charge is 0.481 e. The van der Waals surface area contributed by atoms with Crippen molar-refractivity contribution in [2.45, 2.75) is 59.3 Å². The topological polar surface area (TPSA) is 38.3 Å². The Morgan fingerprint density at radius 2 is 1.91 bits per heavy atom. The lowest BCUT2D eigenvalue weighted by atomic mass is 10.1. The number of hydrogen-bond donors (Lipinski definition) is 1. The van der Waals surface area contributed by atoms with E-state index in [0.29, 0.717) is 6.54 Å². The number of carbonyl (C=O) groups excluding carboxylic acids is 1. The van der Waals surface area contributed by atoms with Crippen molar-refractivity contribution < 1.29 is 9.53 Å². The van der Waals surface area contributed by atoms with Crippen molar-refractivity contribution in [1.29, 1.82) is 0 Å². The number of nitrogens with one attached hydrogen (secondary N) is 1. The zero-order chi connectivity index (χ0) is 16.9. The van der Waals surface area contributed by atoms with E-state index in [2.05, 4.69) is 39.1 Å². The normalized spacial score (nSPS) is 12.9. The van der Waals surface area contributed by atoms with Crippen LogP contribution in [0.4, 0.5) is 0 Å². The fourth-order valence-corrected chi connectivity index (χ4v) is 2.86. The summed E-state index contributed by atoms with van der Waals surface area (Å²) < 4.78 is 6.07. The molecular formula is C18H29NO2S. The molecule has 0 aliphatic heterocycles. The summed E-state index contributed by atoms with van der Waals surface area (Å²) in [5.74, 6) is 1.64. The highest BCUT2D eigenvalue weighted by atomic mass is 32.2. The summed E-state index contributed by atoms with van der Waals surface area (Å²) in [5.41, 5.74) is 3.42. The molecule has 0 aromatic heterocycles. The van der Waals surface area contributed by atoms with Crippen LogP contribution in [0.5, 0.6) is 5.75 Å². The molecule has 22 heavy (non-hydrogen) atoms. The molecule has 0 radical (unpaired) electrons. The minimum atomic E-state index is -0.487. The molecule has 0 bridgehead atoms. The van der Waals surface area contributed by atoms with E-state index in [-0.39, 0.29) is 10.7 Å². The van der Waals surface area contributed by atoms with Crippen LogP contribution in [0, 0.1) is 20.8 Å². The van der Waals surface area contributed by atoms with Crippen LogP contribution >= 0.6 is 11.8 Å². The third kappa shape index (κ3) is 6.30. The second kappa shape index (κ2) is 7.91. The van der Waals surface area contributed by atoms with Gasteiger partial charge < -0.3 is 10.1 Å². The molecule has 0 aliphatic carbocycles. The smallest absolute Gasteiger partial charge is 0.260 e. The summed E-state index contributed by atoms with van der Waals surface area (Å²) >= 11 is 1.84. The van der Waals surface area contributed by atoms with Crippen LogP contribution in [0.25, 0.3) is 0 Å². The molecule has 1 aromatic rings. The van der Waals surface area contributed by atoms with Gasteiger partial charge in [0, 0.05) is 17.0 Å². The fraction of sp³-hybridized carbons (Fsp3) is 0.611. The fourth-order valence-electron chi connectivity index (χ4n) is 2.04. The lowest BCUT2D eigenvalue weighted by Gasteiger charge is -2.19. The average molecular weight is 324 g/mol. The van der Waals surface area contributed by atoms with Gasteiger partial charge in [-0.05, 0) is 50.5 Å². The molecule has 1 rings (SSSR count). The Labute approximate surface area is 139 Å². The summed E-state index contributed by atoms with van der Waals surface area (Å²) in [4.78, 5) is 12.1. The Balaban J connectivity index is 2.51. The van der Waals surface area contributed by atoms with E-state index < -0.39 is 6.10 Å². The number of aryl methyl sites for hydroxylation is 2. The first-order valence-corrected chi connectivity index (χ1v) is 8.75. The molecule has 1 N–H and O–H groups in total. The van der Waals surface area contributed by atoms with E-state index >= 15 is 0 Å². The van der Waals surface area contributed by atoms with Crippen LogP contribution in [0.3, 0.4) is 0 Å². The first kappa shape index (κ1) is 18.9. The number of amides is 1. The molecule has 3 nitrogen and oxygen atoms in total. The third-order valence-electron chi connectivity index (χ3n) is 3.37. The van der Waals surface area contributed by atoms with Gasteiger partial charge in [0.05, 0.1) is 0 Å². The van der Waals surface area contributed by atoms with E-state index in [9.17, 15) is 4.79 Å². The van der Waals surface area contributed by atoms with Gasteiger partial charge >= 0.3 is 0 Å². The maximum atomic E-state index is 12.1. The second-order valence-corrected chi connectivity index (χ2v) is 8.64. The molecule has 0 aliphatic rings. The summed E-state index contributed by atoms with van der Waals surface area (Å²) in [6.45, 7) is 15.1. The molecule has 0 saturated heterocycles. The molecule has 0 spiro atoms.